The van der Waals surface area contributed by atoms with Crippen LogP contribution >= 0.6 is 0 Å². The second-order valence-electron chi connectivity index (χ2n) is 14.5. The minimum absolute atomic E-state index is 0.00768. The van der Waals surface area contributed by atoms with Crippen molar-refractivity contribution < 1.29 is 33.7 Å². The molecule has 3 N–H and O–H groups in total. The molecule has 0 aromatic carbocycles. The summed E-state index contributed by atoms with van der Waals surface area (Å²) in [6.45, 7) is 7.51. The minimum atomic E-state index is -1.30. The van der Waals surface area contributed by atoms with Crippen LogP contribution in [-0.4, -0.2) is 59.4 Å². The summed E-state index contributed by atoms with van der Waals surface area (Å²) in [6, 6.07) is -0.809. The van der Waals surface area contributed by atoms with Crippen molar-refractivity contribution in [2.24, 2.45) is 46.2 Å². The van der Waals surface area contributed by atoms with E-state index in [0.29, 0.717) is 12.8 Å². The molecule has 41 heavy (non-hydrogen) atoms. The van der Waals surface area contributed by atoms with Crippen LogP contribution in [0.1, 0.15) is 85.5 Å². The molecule has 0 bridgehead atoms. The van der Waals surface area contributed by atoms with Crippen molar-refractivity contribution in [1.82, 2.24) is 0 Å². The number of fused-ring (bicyclic) bond motifs is 7. The Morgan fingerprint density at radius 1 is 1.17 bits per heavy atom. The number of Topliss-reactive ketones (excluding diaryl/α,β-unsaturated/α-hetero) is 1. The van der Waals surface area contributed by atoms with E-state index in [2.05, 4.69) is 13.8 Å². The topological polar surface area (TPSA) is 125 Å². The number of hydrogen-bond acceptors (Lipinski definition) is 8. The Labute approximate surface area is 243 Å². The van der Waals surface area contributed by atoms with Crippen LogP contribution in [0.3, 0.4) is 0 Å². The lowest BCUT2D eigenvalue weighted by Gasteiger charge is -2.59. The van der Waals surface area contributed by atoms with Crippen molar-refractivity contribution >= 4 is 17.5 Å². The van der Waals surface area contributed by atoms with Crippen molar-refractivity contribution in [2.75, 3.05) is 6.61 Å². The van der Waals surface area contributed by atoms with Gasteiger partial charge in [0, 0.05) is 22.7 Å². The van der Waals surface area contributed by atoms with Gasteiger partial charge >= 0.3 is 5.97 Å². The fourth-order valence-electron chi connectivity index (χ4n) is 9.82. The van der Waals surface area contributed by atoms with Crippen LogP contribution in [0.15, 0.2) is 23.8 Å². The van der Waals surface area contributed by atoms with Crippen molar-refractivity contribution in [2.45, 2.75) is 116 Å². The maximum Gasteiger partial charge on any atom is 0.323 e. The molecule has 4 saturated carbocycles. The third-order valence-electron chi connectivity index (χ3n) is 12.0. The smallest absolute Gasteiger partial charge is 0.323 e. The largest absolute Gasteiger partial charge is 0.456 e. The molecule has 1 aliphatic heterocycles. The maximum absolute atomic E-state index is 14.4. The fraction of sp³-hybridized carbons (Fsp3) is 0.788. The van der Waals surface area contributed by atoms with Gasteiger partial charge in [-0.1, -0.05) is 58.6 Å². The molecule has 5 fully saturated rings. The summed E-state index contributed by atoms with van der Waals surface area (Å²) < 4.78 is 19.1. The van der Waals surface area contributed by atoms with Crippen LogP contribution in [0, 0.1) is 40.4 Å². The number of rotatable bonds is 6. The summed E-state index contributed by atoms with van der Waals surface area (Å²) in [4.78, 5) is 39.2. The van der Waals surface area contributed by atoms with Gasteiger partial charge in [-0.3, -0.25) is 14.4 Å². The van der Waals surface area contributed by atoms with Gasteiger partial charge in [-0.15, -0.1) is 0 Å². The van der Waals surface area contributed by atoms with Gasteiger partial charge in [-0.25, -0.2) is 0 Å². The van der Waals surface area contributed by atoms with Crippen LogP contribution in [0.5, 0.6) is 0 Å². The number of esters is 1. The van der Waals surface area contributed by atoms with Crippen LogP contribution in [-0.2, 0) is 28.6 Å². The lowest BCUT2D eigenvalue weighted by molar-refractivity contribution is -0.210. The molecule has 1 saturated heterocycles. The summed E-state index contributed by atoms with van der Waals surface area (Å²) in [7, 11) is 0. The predicted molar refractivity (Wildman–Crippen MR) is 151 cm³/mol. The summed E-state index contributed by atoms with van der Waals surface area (Å²) in [6.07, 6.45) is 11.9. The van der Waals surface area contributed by atoms with Gasteiger partial charge in [0.05, 0.1) is 12.2 Å². The Kier molecular flexibility index (Phi) is 7.40. The Bertz CT molecular complexity index is 1160. The van der Waals surface area contributed by atoms with E-state index in [1.807, 2.05) is 19.9 Å². The second-order valence-corrected chi connectivity index (χ2v) is 14.5. The van der Waals surface area contributed by atoms with Gasteiger partial charge in [0.2, 0.25) is 5.78 Å². The van der Waals surface area contributed by atoms with E-state index in [1.165, 1.54) is 6.42 Å². The second kappa shape index (κ2) is 10.4. The van der Waals surface area contributed by atoms with Gasteiger partial charge in [0.15, 0.2) is 24.3 Å². The summed E-state index contributed by atoms with van der Waals surface area (Å²) in [5.41, 5.74) is 4.71. The standard InChI is InChI=1S/C33H47NO7/c1-18(2)28(34)29(38)39-17-25(37)33-26(40-30(41-33)19-8-6-5-7-9-19)15-23-22-11-10-20-14-21(35)12-13-31(20,3)27(22)24(36)16-32(23,33)4/h12-14,18-19,22-24,26-28,30,36H,5-11,15-17,34H2,1-4H3/t22?,23?,24-,26-,27?,28-,30+,31-,32-,33+/m0/s1. The molecule has 0 aromatic heterocycles. The van der Waals surface area contributed by atoms with Crippen molar-refractivity contribution in [3.05, 3.63) is 23.8 Å². The molecule has 0 spiro atoms. The number of ether oxygens (including phenoxy) is 3. The van der Waals surface area contributed by atoms with Crippen LogP contribution < -0.4 is 5.73 Å². The summed E-state index contributed by atoms with van der Waals surface area (Å²) in [5, 5.41) is 11.9. The molecule has 5 aliphatic carbocycles. The Morgan fingerprint density at radius 2 is 1.90 bits per heavy atom. The van der Waals surface area contributed by atoms with Crippen molar-refractivity contribution in [1.29, 1.82) is 0 Å². The van der Waals surface area contributed by atoms with E-state index in [9.17, 15) is 19.5 Å². The zero-order valence-corrected chi connectivity index (χ0v) is 25.0. The Morgan fingerprint density at radius 3 is 2.61 bits per heavy atom. The van der Waals surface area contributed by atoms with Gasteiger partial charge in [-0.05, 0) is 68.4 Å². The number of nitrogens with two attached hydrogens (primary N) is 1. The molecule has 8 heteroatoms. The molecule has 6 rings (SSSR count). The van der Waals surface area contributed by atoms with E-state index in [0.717, 1.165) is 44.1 Å². The predicted octanol–water partition coefficient (Wildman–Crippen LogP) is 4.03. The van der Waals surface area contributed by atoms with Gasteiger partial charge in [0.25, 0.3) is 0 Å². The first-order chi connectivity index (χ1) is 19.4. The lowest BCUT2D eigenvalue weighted by atomic mass is 9.46. The third kappa shape index (κ3) is 4.34. The number of carbonyl (C=O) groups excluding carboxylic acids is 3. The molecule has 8 nitrogen and oxygen atoms in total. The summed E-state index contributed by atoms with van der Waals surface area (Å²) in [5.74, 6) is -0.603. The number of allylic oxidation sites excluding steroid dienone is 4. The number of aliphatic hydroxyl groups excluding tert-OH is 1. The van der Waals surface area contributed by atoms with E-state index >= 15 is 0 Å². The van der Waals surface area contributed by atoms with Crippen LogP contribution in [0.2, 0.25) is 0 Å². The van der Waals surface area contributed by atoms with E-state index in [-0.39, 0.29) is 41.2 Å². The zero-order chi connectivity index (χ0) is 29.3. The van der Waals surface area contributed by atoms with Gasteiger partial charge < -0.3 is 25.1 Å². The molecule has 0 radical (unpaired) electrons. The molecule has 0 amide bonds. The van der Waals surface area contributed by atoms with Crippen molar-refractivity contribution in [3.8, 4) is 0 Å². The summed E-state index contributed by atoms with van der Waals surface area (Å²) >= 11 is 0. The first-order valence-electron chi connectivity index (χ1n) is 15.8. The Hall–Kier alpha value is -1.87. The molecule has 226 valence electrons. The molecule has 1 heterocycles. The van der Waals surface area contributed by atoms with Crippen molar-refractivity contribution in [3.63, 3.8) is 0 Å². The molecule has 0 aromatic rings. The van der Waals surface area contributed by atoms with E-state index in [4.69, 9.17) is 19.9 Å². The number of hydrogen-bond donors (Lipinski definition) is 2. The number of carbonyl (C=O) groups is 3. The maximum atomic E-state index is 14.4. The SMILES string of the molecule is CC(C)[C@H](N)C(=O)OCC(=O)[C@@]12O[C@H](C3CCCCC3)O[C@H]1CC1C3CCC4=CC(=O)C=C[C@]4(C)C3[C@@H](O)C[C@@]12C. The Balaban J connectivity index is 1.33. The molecular formula is C33H47NO7. The monoisotopic (exact) mass is 569 g/mol. The average Bonchev–Trinajstić information content (AvgIpc) is 3.45. The van der Waals surface area contributed by atoms with E-state index in [1.54, 1.807) is 12.2 Å². The first-order valence-corrected chi connectivity index (χ1v) is 15.8. The average molecular weight is 570 g/mol. The van der Waals surface area contributed by atoms with Crippen LogP contribution in [0.4, 0.5) is 0 Å². The minimum Gasteiger partial charge on any atom is -0.456 e. The fourth-order valence-corrected chi connectivity index (χ4v) is 9.82. The quantitative estimate of drug-likeness (QED) is 0.460. The molecule has 3 unspecified atom stereocenters. The van der Waals surface area contributed by atoms with E-state index < -0.39 is 53.5 Å². The third-order valence-corrected chi connectivity index (χ3v) is 12.0. The first kappa shape index (κ1) is 29.2. The molecule has 10 atom stereocenters. The number of ketones is 2. The highest BCUT2D eigenvalue weighted by atomic mass is 16.7. The number of aliphatic hydroxyl groups is 1. The van der Waals surface area contributed by atoms with Crippen LogP contribution in [0.25, 0.3) is 0 Å². The van der Waals surface area contributed by atoms with Gasteiger partial charge in [0.1, 0.15) is 6.04 Å². The molecular weight excluding hydrogens is 522 g/mol. The highest BCUT2D eigenvalue weighted by Crippen LogP contribution is 2.70. The highest BCUT2D eigenvalue weighted by Gasteiger charge is 2.76. The zero-order valence-electron chi connectivity index (χ0n) is 25.0. The lowest BCUT2D eigenvalue weighted by Crippen LogP contribution is -2.64. The molecule has 6 aliphatic rings. The normalized spacial score (nSPS) is 44.5. The van der Waals surface area contributed by atoms with Gasteiger partial charge in [-0.2, -0.15) is 0 Å². The highest BCUT2D eigenvalue weighted by molar-refractivity contribution is 6.01.